The monoisotopic (exact) mass is 312 g/mol. The lowest BCUT2D eigenvalue weighted by molar-refractivity contribution is 0.107. The predicted molar refractivity (Wildman–Crippen MR) is 81.6 cm³/mol. The third-order valence-corrected chi connectivity index (χ3v) is 2.44. The average Bonchev–Trinajstić information content (AvgIpc) is 2.51. The van der Waals surface area contributed by atoms with Crippen LogP contribution in [0, 0.1) is 0 Å². The zero-order valence-electron chi connectivity index (χ0n) is 10.5. The van der Waals surface area contributed by atoms with Crippen molar-refractivity contribution in [2.75, 3.05) is 0 Å². The number of halogens is 2. The van der Waals surface area contributed by atoms with Crippen LogP contribution in [0.3, 0.4) is 0 Å². The highest BCUT2D eigenvalue weighted by Crippen LogP contribution is 2.01. The van der Waals surface area contributed by atoms with Gasteiger partial charge in [0.1, 0.15) is 0 Å². The number of hydrazine groups is 1. The lowest BCUT2D eigenvalue weighted by Gasteiger charge is -1.87. The topological polar surface area (TPSA) is 86.2 Å². The van der Waals surface area contributed by atoms with Crippen LogP contribution in [0.2, 0.25) is 0 Å². The molecule has 0 amide bonds. The fraction of sp³-hybridized carbons (Fsp3) is 0. The summed E-state index contributed by atoms with van der Waals surface area (Å²) in [4.78, 5) is 20.8. The molecule has 0 atom stereocenters. The van der Waals surface area contributed by atoms with E-state index < -0.39 is 10.5 Å². The highest BCUT2D eigenvalue weighted by atomic mass is 35.5. The minimum absolute atomic E-state index is 0.407. The molecule has 0 aliphatic rings. The van der Waals surface area contributed by atoms with Gasteiger partial charge in [-0.15, -0.1) is 0 Å². The van der Waals surface area contributed by atoms with E-state index in [0.29, 0.717) is 11.1 Å². The number of nitrogens with two attached hydrogens (primary N) is 2. The smallest absolute Gasteiger partial charge is 0.252 e. The van der Waals surface area contributed by atoms with Crippen molar-refractivity contribution in [2.45, 2.75) is 0 Å². The molecule has 2 aromatic rings. The summed E-state index contributed by atoms with van der Waals surface area (Å²) in [7, 11) is 0. The molecule has 20 heavy (non-hydrogen) atoms. The van der Waals surface area contributed by atoms with E-state index in [1.165, 1.54) is 0 Å². The standard InChI is InChI=1S/2C7H5ClO.H4N2/c2*8-7(9)6-4-2-1-3-5-6;1-2/h2*1-5H;1-2H2. The van der Waals surface area contributed by atoms with E-state index in [4.69, 9.17) is 23.2 Å². The maximum Gasteiger partial charge on any atom is 0.252 e. The molecule has 0 bridgehead atoms. The number of carbonyl (C=O) groups is 2. The Labute approximate surface area is 127 Å². The van der Waals surface area contributed by atoms with Gasteiger partial charge in [0, 0.05) is 11.1 Å². The van der Waals surface area contributed by atoms with E-state index in [1.807, 2.05) is 12.1 Å². The second-order valence-electron chi connectivity index (χ2n) is 3.28. The van der Waals surface area contributed by atoms with Crippen molar-refractivity contribution in [3.8, 4) is 0 Å². The molecule has 0 aliphatic carbocycles. The predicted octanol–water partition coefficient (Wildman–Crippen LogP) is 2.95. The minimum Gasteiger partial charge on any atom is -0.276 e. The van der Waals surface area contributed by atoms with E-state index in [2.05, 4.69) is 11.7 Å². The van der Waals surface area contributed by atoms with Crippen molar-refractivity contribution < 1.29 is 9.59 Å². The minimum atomic E-state index is -0.407. The van der Waals surface area contributed by atoms with Crippen LogP contribution < -0.4 is 11.7 Å². The van der Waals surface area contributed by atoms with Crippen molar-refractivity contribution in [2.24, 2.45) is 11.7 Å². The van der Waals surface area contributed by atoms with Gasteiger partial charge in [-0.3, -0.25) is 21.3 Å². The summed E-state index contributed by atoms with van der Waals surface area (Å²) in [5.74, 6) is 8.00. The Bertz CT molecular complexity index is 470. The Morgan fingerprint density at radius 1 is 0.650 bits per heavy atom. The number of benzene rings is 2. The first kappa shape index (κ1) is 18.3. The normalized spacial score (nSPS) is 8.40. The van der Waals surface area contributed by atoms with Crippen LogP contribution in [0.15, 0.2) is 60.7 Å². The fourth-order valence-electron chi connectivity index (χ4n) is 1.14. The first-order chi connectivity index (χ1) is 9.61. The van der Waals surface area contributed by atoms with Gasteiger partial charge in [-0.25, -0.2) is 0 Å². The molecule has 0 saturated heterocycles. The molecule has 0 aliphatic heterocycles. The summed E-state index contributed by atoms with van der Waals surface area (Å²) in [6.07, 6.45) is 0. The Hall–Kier alpha value is -1.72. The second-order valence-corrected chi connectivity index (χ2v) is 3.97. The van der Waals surface area contributed by atoms with Gasteiger partial charge in [-0.1, -0.05) is 60.7 Å². The molecule has 2 aromatic carbocycles. The molecule has 0 heterocycles. The first-order valence-corrected chi connectivity index (χ1v) is 6.20. The van der Waals surface area contributed by atoms with Crippen molar-refractivity contribution in [3.05, 3.63) is 71.8 Å². The zero-order chi connectivity index (χ0) is 15.4. The summed E-state index contributed by atoms with van der Waals surface area (Å²) in [5.41, 5.74) is 1.08. The molecule has 0 unspecified atom stereocenters. The average molecular weight is 313 g/mol. The number of carbonyl (C=O) groups excluding carboxylic acids is 2. The van der Waals surface area contributed by atoms with Gasteiger partial charge >= 0.3 is 0 Å². The third-order valence-electron chi connectivity index (χ3n) is 2.00. The summed E-state index contributed by atoms with van der Waals surface area (Å²) < 4.78 is 0. The lowest BCUT2D eigenvalue weighted by atomic mass is 10.2. The molecule has 4 nitrogen and oxygen atoms in total. The molecule has 2 rings (SSSR count). The van der Waals surface area contributed by atoms with E-state index in [1.54, 1.807) is 48.5 Å². The Balaban J connectivity index is 0.000000321. The second kappa shape index (κ2) is 11.1. The van der Waals surface area contributed by atoms with E-state index >= 15 is 0 Å². The molecule has 0 fully saturated rings. The van der Waals surface area contributed by atoms with Crippen LogP contribution in [0.25, 0.3) is 0 Å². The van der Waals surface area contributed by atoms with E-state index in [0.717, 1.165) is 0 Å². The van der Waals surface area contributed by atoms with E-state index in [9.17, 15) is 9.59 Å². The highest BCUT2D eigenvalue weighted by molar-refractivity contribution is 6.68. The lowest BCUT2D eigenvalue weighted by Crippen LogP contribution is -2.02. The van der Waals surface area contributed by atoms with Crippen LogP contribution in [-0.2, 0) is 0 Å². The molecule has 6 heteroatoms. The van der Waals surface area contributed by atoms with Gasteiger partial charge in [-0.05, 0) is 23.2 Å². The molecule has 4 N–H and O–H groups in total. The van der Waals surface area contributed by atoms with Crippen molar-refractivity contribution >= 4 is 33.7 Å². The van der Waals surface area contributed by atoms with Gasteiger partial charge in [-0.2, -0.15) is 0 Å². The summed E-state index contributed by atoms with van der Waals surface area (Å²) >= 11 is 10.3. The molecule has 0 aromatic heterocycles. The number of hydrogen-bond donors (Lipinski definition) is 2. The van der Waals surface area contributed by atoms with Crippen LogP contribution in [-0.4, -0.2) is 10.5 Å². The highest BCUT2D eigenvalue weighted by Gasteiger charge is 1.96. The SMILES string of the molecule is NN.O=C(Cl)c1ccccc1.O=C(Cl)c1ccccc1. The van der Waals surface area contributed by atoms with Crippen molar-refractivity contribution in [1.82, 2.24) is 0 Å². The maximum atomic E-state index is 10.4. The van der Waals surface area contributed by atoms with Crippen LogP contribution in [0.1, 0.15) is 20.7 Å². The van der Waals surface area contributed by atoms with Gasteiger partial charge in [0.05, 0.1) is 0 Å². The molecule has 0 radical (unpaired) electrons. The Morgan fingerprint density at radius 2 is 0.900 bits per heavy atom. The van der Waals surface area contributed by atoms with Crippen LogP contribution >= 0.6 is 23.2 Å². The number of rotatable bonds is 2. The Morgan fingerprint density at radius 3 is 1.05 bits per heavy atom. The van der Waals surface area contributed by atoms with Gasteiger partial charge in [0.25, 0.3) is 10.5 Å². The van der Waals surface area contributed by atoms with Gasteiger partial charge in [0.2, 0.25) is 0 Å². The molecular formula is C14H14Cl2N2O2. The van der Waals surface area contributed by atoms with Crippen molar-refractivity contribution in [1.29, 1.82) is 0 Å². The molecule has 0 saturated carbocycles. The summed E-state index contributed by atoms with van der Waals surface area (Å²) in [6, 6.07) is 17.5. The maximum absolute atomic E-state index is 10.4. The Kier molecular flexibility index (Phi) is 10.2. The van der Waals surface area contributed by atoms with Gasteiger partial charge < -0.3 is 0 Å². The van der Waals surface area contributed by atoms with Crippen molar-refractivity contribution in [3.63, 3.8) is 0 Å². The summed E-state index contributed by atoms with van der Waals surface area (Å²) in [5, 5.41) is -0.814. The first-order valence-electron chi connectivity index (χ1n) is 5.44. The van der Waals surface area contributed by atoms with E-state index in [-0.39, 0.29) is 0 Å². The quantitative estimate of drug-likeness (QED) is 0.507. The fourth-order valence-corrected chi connectivity index (χ4v) is 1.39. The van der Waals surface area contributed by atoms with Gasteiger partial charge in [0.15, 0.2) is 0 Å². The van der Waals surface area contributed by atoms with Crippen LogP contribution in [0.5, 0.6) is 0 Å². The summed E-state index contributed by atoms with van der Waals surface area (Å²) in [6.45, 7) is 0. The molecular weight excluding hydrogens is 299 g/mol. The molecule has 106 valence electrons. The zero-order valence-corrected chi connectivity index (χ0v) is 12.0. The largest absolute Gasteiger partial charge is 0.276 e. The van der Waals surface area contributed by atoms with Crippen LogP contribution in [0.4, 0.5) is 0 Å². The molecule has 0 spiro atoms. The number of hydrogen-bond acceptors (Lipinski definition) is 4. The third kappa shape index (κ3) is 7.66.